The largest absolute Gasteiger partial charge is 0.386 e. The van der Waals surface area contributed by atoms with Gasteiger partial charge in [0, 0.05) is 0 Å². The number of nitrogens with zero attached hydrogens (tertiary/aromatic N) is 4. The maximum absolute atomic E-state index is 5.15. The number of aromatic nitrogens is 3. The van der Waals surface area contributed by atoms with E-state index in [1.807, 2.05) is 6.92 Å². The van der Waals surface area contributed by atoms with Crippen molar-refractivity contribution >= 4 is 5.84 Å². The van der Waals surface area contributed by atoms with E-state index in [4.69, 9.17) is 4.84 Å². The van der Waals surface area contributed by atoms with Gasteiger partial charge in [-0.25, -0.2) is 9.67 Å². The van der Waals surface area contributed by atoms with Crippen LogP contribution in [0.25, 0.3) is 0 Å². The molecule has 0 bridgehead atoms. The van der Waals surface area contributed by atoms with E-state index in [0.717, 1.165) is 11.4 Å². The molecule has 1 aromatic rings. The van der Waals surface area contributed by atoms with Gasteiger partial charge < -0.3 is 4.84 Å². The van der Waals surface area contributed by atoms with Crippen LogP contribution in [0.5, 0.6) is 0 Å². The Bertz CT molecular complexity index is 341. The summed E-state index contributed by atoms with van der Waals surface area (Å²) in [6.07, 6.45) is 3.76. The van der Waals surface area contributed by atoms with E-state index in [1.54, 1.807) is 11.0 Å². The van der Waals surface area contributed by atoms with Crippen molar-refractivity contribution in [2.24, 2.45) is 5.16 Å². The van der Waals surface area contributed by atoms with Gasteiger partial charge in [-0.2, -0.15) is 5.10 Å². The highest BCUT2D eigenvalue weighted by molar-refractivity contribution is 5.84. The molecule has 0 aromatic carbocycles. The number of rotatable bonds is 1. The fourth-order valence-electron chi connectivity index (χ4n) is 1.11. The minimum absolute atomic E-state index is 0.0146. The van der Waals surface area contributed by atoms with Crippen LogP contribution < -0.4 is 0 Å². The maximum atomic E-state index is 5.15. The molecule has 13 heavy (non-hydrogen) atoms. The van der Waals surface area contributed by atoms with Crippen LogP contribution in [0.1, 0.15) is 13.3 Å². The third-order valence-corrected chi connectivity index (χ3v) is 1.89. The lowest BCUT2D eigenvalue weighted by Crippen LogP contribution is -2.14. The average Bonchev–Trinajstić information content (AvgIpc) is 2.75. The third kappa shape index (κ3) is 1.44. The summed E-state index contributed by atoms with van der Waals surface area (Å²) in [6.45, 7) is 5.73. The first kappa shape index (κ1) is 7.97. The van der Waals surface area contributed by atoms with Crippen LogP contribution in [0.4, 0.5) is 0 Å². The Labute approximate surface area is 75.7 Å². The lowest BCUT2D eigenvalue weighted by atomic mass is 10.1. The molecule has 1 aromatic heterocycles. The lowest BCUT2D eigenvalue weighted by Gasteiger charge is -2.04. The molecule has 5 nitrogen and oxygen atoms in total. The van der Waals surface area contributed by atoms with Crippen LogP contribution >= 0.6 is 0 Å². The molecule has 0 N–H and O–H groups in total. The van der Waals surface area contributed by atoms with Crippen molar-refractivity contribution in [3.63, 3.8) is 0 Å². The summed E-state index contributed by atoms with van der Waals surface area (Å²) < 4.78 is 1.60. The minimum Gasteiger partial charge on any atom is -0.386 e. The van der Waals surface area contributed by atoms with Crippen LogP contribution in [-0.2, 0) is 4.84 Å². The van der Waals surface area contributed by atoms with Crippen LogP contribution in [-0.4, -0.2) is 26.7 Å². The molecule has 0 spiro atoms. The summed E-state index contributed by atoms with van der Waals surface area (Å²) in [4.78, 5) is 8.98. The number of oxime groups is 1. The zero-order chi connectivity index (χ0) is 9.26. The standard InChI is InChI=1S/C8H10N4O/c1-6(2)7-3-8(11-13-7)12-5-9-4-10-12/h4-5,7H,1,3H2,2H3. The fourth-order valence-corrected chi connectivity index (χ4v) is 1.11. The van der Waals surface area contributed by atoms with Crippen molar-refractivity contribution in [3.8, 4) is 0 Å². The monoisotopic (exact) mass is 178 g/mol. The van der Waals surface area contributed by atoms with Crippen molar-refractivity contribution in [1.29, 1.82) is 0 Å². The van der Waals surface area contributed by atoms with E-state index in [1.165, 1.54) is 6.33 Å². The number of hydrogen-bond donors (Lipinski definition) is 0. The van der Waals surface area contributed by atoms with Gasteiger partial charge >= 0.3 is 0 Å². The van der Waals surface area contributed by atoms with Gasteiger partial charge in [0.25, 0.3) is 0 Å². The minimum atomic E-state index is -0.0146. The Hall–Kier alpha value is -1.65. The normalized spacial score (nSPS) is 21.0. The van der Waals surface area contributed by atoms with Crippen LogP contribution in [0, 0.1) is 0 Å². The second kappa shape index (κ2) is 3.01. The second-order valence-corrected chi connectivity index (χ2v) is 2.99. The molecule has 0 amide bonds. The number of hydrogen-bond acceptors (Lipinski definition) is 4. The van der Waals surface area contributed by atoms with Crippen LogP contribution in [0.3, 0.4) is 0 Å². The Kier molecular flexibility index (Phi) is 1.84. The van der Waals surface area contributed by atoms with Gasteiger partial charge in [-0.1, -0.05) is 11.7 Å². The Balaban J connectivity index is 2.10. The predicted octanol–water partition coefficient (Wildman–Crippen LogP) is 0.805. The topological polar surface area (TPSA) is 52.3 Å². The highest BCUT2D eigenvalue weighted by Gasteiger charge is 2.22. The molecule has 2 heterocycles. The summed E-state index contributed by atoms with van der Waals surface area (Å²) in [7, 11) is 0. The Morgan fingerprint density at radius 3 is 3.15 bits per heavy atom. The molecule has 5 heteroatoms. The summed E-state index contributed by atoms with van der Waals surface area (Å²) in [5.74, 6) is 0.769. The van der Waals surface area contributed by atoms with Gasteiger partial charge in [0.2, 0.25) is 0 Å². The van der Waals surface area contributed by atoms with Gasteiger partial charge in [0.05, 0.1) is 6.42 Å². The first-order valence-corrected chi connectivity index (χ1v) is 4.00. The SMILES string of the molecule is C=C(C)C1CC(n2cncn2)=NO1. The fraction of sp³-hybridized carbons (Fsp3) is 0.375. The molecule has 0 saturated heterocycles. The van der Waals surface area contributed by atoms with Crippen molar-refractivity contribution in [1.82, 2.24) is 14.8 Å². The molecule has 1 atom stereocenters. The highest BCUT2D eigenvalue weighted by atomic mass is 16.6. The summed E-state index contributed by atoms with van der Waals surface area (Å²) in [5.41, 5.74) is 0.971. The molecule has 0 radical (unpaired) electrons. The van der Waals surface area contributed by atoms with E-state index in [0.29, 0.717) is 6.42 Å². The van der Waals surface area contributed by atoms with Gasteiger partial charge in [0.1, 0.15) is 12.7 Å². The molecular weight excluding hydrogens is 168 g/mol. The third-order valence-electron chi connectivity index (χ3n) is 1.89. The molecule has 2 rings (SSSR count). The van der Waals surface area contributed by atoms with E-state index in [9.17, 15) is 0 Å². The first-order chi connectivity index (χ1) is 6.27. The van der Waals surface area contributed by atoms with Crippen molar-refractivity contribution in [2.45, 2.75) is 19.4 Å². The molecule has 0 fully saturated rings. The van der Waals surface area contributed by atoms with Gasteiger partial charge in [0.15, 0.2) is 11.9 Å². The second-order valence-electron chi connectivity index (χ2n) is 2.99. The summed E-state index contributed by atoms with van der Waals surface area (Å²) in [5, 5.41) is 7.85. The van der Waals surface area contributed by atoms with E-state index in [-0.39, 0.29) is 6.10 Å². The Morgan fingerprint density at radius 1 is 1.77 bits per heavy atom. The van der Waals surface area contributed by atoms with E-state index in [2.05, 4.69) is 21.8 Å². The predicted molar refractivity (Wildman–Crippen MR) is 47.2 cm³/mol. The van der Waals surface area contributed by atoms with Crippen LogP contribution in [0.2, 0.25) is 0 Å². The maximum Gasteiger partial charge on any atom is 0.175 e. The summed E-state index contributed by atoms with van der Waals surface area (Å²) >= 11 is 0. The molecule has 0 aliphatic carbocycles. The molecule has 0 saturated carbocycles. The molecule has 1 unspecified atom stereocenters. The zero-order valence-electron chi connectivity index (χ0n) is 7.34. The summed E-state index contributed by atoms with van der Waals surface area (Å²) in [6, 6.07) is 0. The molecule has 1 aliphatic heterocycles. The molecule has 68 valence electrons. The van der Waals surface area contributed by atoms with Gasteiger partial charge in [-0.3, -0.25) is 0 Å². The average molecular weight is 178 g/mol. The first-order valence-electron chi connectivity index (χ1n) is 4.00. The van der Waals surface area contributed by atoms with Crippen molar-refractivity contribution < 1.29 is 4.84 Å². The zero-order valence-corrected chi connectivity index (χ0v) is 7.34. The molecular formula is C8H10N4O. The quantitative estimate of drug-likeness (QED) is 0.598. The smallest absolute Gasteiger partial charge is 0.175 e. The Morgan fingerprint density at radius 2 is 2.62 bits per heavy atom. The van der Waals surface area contributed by atoms with E-state index < -0.39 is 0 Å². The van der Waals surface area contributed by atoms with Crippen molar-refractivity contribution in [2.75, 3.05) is 0 Å². The highest BCUT2D eigenvalue weighted by Crippen LogP contribution is 2.16. The van der Waals surface area contributed by atoms with Gasteiger partial charge in [-0.15, -0.1) is 0 Å². The van der Waals surface area contributed by atoms with Crippen LogP contribution in [0.15, 0.2) is 30.0 Å². The van der Waals surface area contributed by atoms with Gasteiger partial charge in [-0.05, 0) is 12.5 Å². The van der Waals surface area contributed by atoms with Crippen molar-refractivity contribution in [3.05, 3.63) is 24.8 Å². The lowest BCUT2D eigenvalue weighted by molar-refractivity contribution is 0.112. The van der Waals surface area contributed by atoms with E-state index >= 15 is 0 Å². The molecule has 1 aliphatic rings.